The Labute approximate surface area is 198 Å². The van der Waals surface area contributed by atoms with Crippen LogP contribution in [0.2, 0.25) is 5.02 Å². The minimum Gasteiger partial charge on any atom is -0.481 e. The van der Waals surface area contributed by atoms with Crippen LogP contribution in [-0.2, 0) is 27.5 Å². The SMILES string of the molecule is Cn1c(C(F)(F)F)cc(=O)n(-c2cc(SC3CC3CC(=O)OCCC(=O)O)c(Cl)cc2F)c1=O. The molecule has 3 rings (SSSR count). The smallest absolute Gasteiger partial charge is 0.431 e. The number of hydrogen-bond acceptors (Lipinski definition) is 6. The van der Waals surface area contributed by atoms with E-state index in [1.165, 1.54) is 0 Å². The number of nitrogens with zero attached hydrogens (tertiary/aromatic N) is 2. The molecule has 14 heteroatoms. The number of carbonyl (C=O) groups is 2. The Balaban J connectivity index is 1.81. The number of benzene rings is 1. The highest BCUT2D eigenvalue weighted by atomic mass is 35.5. The van der Waals surface area contributed by atoms with Gasteiger partial charge in [-0.15, -0.1) is 11.8 Å². The van der Waals surface area contributed by atoms with E-state index in [-0.39, 0.29) is 55.7 Å². The first-order valence-corrected chi connectivity index (χ1v) is 11.0. The number of esters is 1. The summed E-state index contributed by atoms with van der Waals surface area (Å²) in [4.78, 5) is 47.3. The third-order valence-corrected chi connectivity index (χ3v) is 6.89. The maximum atomic E-state index is 14.6. The van der Waals surface area contributed by atoms with Crippen LogP contribution >= 0.6 is 23.4 Å². The molecule has 1 aromatic carbocycles. The first kappa shape index (κ1) is 25.8. The van der Waals surface area contributed by atoms with Crippen LogP contribution in [0.3, 0.4) is 0 Å². The van der Waals surface area contributed by atoms with E-state index in [9.17, 15) is 36.7 Å². The lowest BCUT2D eigenvalue weighted by atomic mass is 10.3. The average Bonchev–Trinajstić information content (AvgIpc) is 3.43. The fraction of sp³-hybridized carbons (Fsp3) is 0.400. The maximum absolute atomic E-state index is 14.6. The quantitative estimate of drug-likeness (QED) is 0.417. The minimum atomic E-state index is -4.96. The molecule has 0 aliphatic heterocycles. The molecular formula is C20H17ClF4N2O6S. The van der Waals surface area contributed by atoms with Gasteiger partial charge in [0.05, 0.1) is 17.1 Å². The van der Waals surface area contributed by atoms with Crippen molar-refractivity contribution in [1.29, 1.82) is 0 Å². The molecule has 8 nitrogen and oxygen atoms in total. The average molecular weight is 525 g/mol. The summed E-state index contributed by atoms with van der Waals surface area (Å²) in [5.74, 6) is -2.87. The molecule has 1 fully saturated rings. The molecule has 0 amide bonds. The van der Waals surface area contributed by atoms with Crippen molar-refractivity contribution < 1.29 is 37.0 Å². The van der Waals surface area contributed by atoms with Crippen molar-refractivity contribution in [2.45, 2.75) is 35.6 Å². The van der Waals surface area contributed by atoms with Crippen LogP contribution in [0.5, 0.6) is 0 Å². The van der Waals surface area contributed by atoms with Crippen molar-refractivity contribution in [3.8, 4) is 5.69 Å². The van der Waals surface area contributed by atoms with Crippen molar-refractivity contribution in [3.63, 3.8) is 0 Å². The molecule has 0 spiro atoms. The zero-order chi connectivity index (χ0) is 25.4. The van der Waals surface area contributed by atoms with Crippen LogP contribution in [0.25, 0.3) is 5.69 Å². The molecule has 1 N–H and O–H groups in total. The molecule has 1 saturated carbocycles. The predicted octanol–water partition coefficient (Wildman–Crippen LogP) is 3.24. The van der Waals surface area contributed by atoms with Gasteiger partial charge in [-0.25, -0.2) is 13.8 Å². The predicted molar refractivity (Wildman–Crippen MR) is 113 cm³/mol. The summed E-state index contributed by atoms with van der Waals surface area (Å²) in [5.41, 5.74) is -4.78. The van der Waals surface area contributed by atoms with Gasteiger partial charge in [0.25, 0.3) is 5.56 Å². The van der Waals surface area contributed by atoms with Crippen LogP contribution in [0.4, 0.5) is 17.6 Å². The molecule has 1 aliphatic rings. The highest BCUT2D eigenvalue weighted by molar-refractivity contribution is 8.00. The van der Waals surface area contributed by atoms with Crippen LogP contribution in [0.15, 0.2) is 32.7 Å². The first-order valence-electron chi connectivity index (χ1n) is 9.73. The van der Waals surface area contributed by atoms with Crippen LogP contribution in [-0.4, -0.2) is 38.0 Å². The summed E-state index contributed by atoms with van der Waals surface area (Å²) in [5, 5.41) is 8.38. The maximum Gasteiger partial charge on any atom is 0.431 e. The Bertz CT molecular complexity index is 1260. The fourth-order valence-electron chi connectivity index (χ4n) is 3.17. The molecule has 0 bridgehead atoms. The molecule has 2 atom stereocenters. The van der Waals surface area contributed by atoms with Gasteiger partial charge in [-0.1, -0.05) is 11.6 Å². The number of carboxylic acid groups (broad SMARTS) is 1. The summed E-state index contributed by atoms with van der Waals surface area (Å²) in [6.45, 7) is -0.247. The van der Waals surface area contributed by atoms with E-state index in [4.69, 9.17) is 21.4 Å². The van der Waals surface area contributed by atoms with E-state index in [1.807, 2.05) is 0 Å². The Morgan fingerprint density at radius 2 is 1.94 bits per heavy atom. The number of halogens is 5. The van der Waals surface area contributed by atoms with Crippen molar-refractivity contribution in [1.82, 2.24) is 9.13 Å². The fourth-order valence-corrected chi connectivity index (χ4v) is 4.76. The van der Waals surface area contributed by atoms with Gasteiger partial charge in [-0.3, -0.25) is 19.0 Å². The standard InChI is InChI=1S/C20H17ClF4N2O6S/c1-26-15(20(23,24)25)8-16(28)27(19(26)32)12-7-14(10(21)6-11(12)22)34-13-4-9(13)5-18(31)33-3-2-17(29)30/h6-9,13H,2-5H2,1H3,(H,29,30). The molecule has 2 unspecified atom stereocenters. The van der Waals surface area contributed by atoms with Crippen LogP contribution in [0, 0.1) is 11.7 Å². The van der Waals surface area contributed by atoms with Gasteiger partial charge < -0.3 is 9.84 Å². The van der Waals surface area contributed by atoms with Gasteiger partial charge in [0.1, 0.15) is 18.1 Å². The lowest BCUT2D eigenvalue weighted by Crippen LogP contribution is -2.41. The lowest BCUT2D eigenvalue weighted by Gasteiger charge is -2.15. The van der Waals surface area contributed by atoms with E-state index in [0.29, 0.717) is 6.42 Å². The number of carbonyl (C=O) groups excluding carboxylic acids is 1. The Morgan fingerprint density at radius 1 is 1.26 bits per heavy atom. The third kappa shape index (κ3) is 5.81. The lowest BCUT2D eigenvalue weighted by molar-refractivity contribution is -0.147. The highest BCUT2D eigenvalue weighted by Crippen LogP contribution is 2.49. The Hall–Kier alpha value is -2.80. The second-order valence-electron chi connectivity index (χ2n) is 7.50. The molecule has 1 aliphatic carbocycles. The van der Waals surface area contributed by atoms with Crippen molar-refractivity contribution in [2.75, 3.05) is 6.61 Å². The highest BCUT2D eigenvalue weighted by Gasteiger charge is 2.40. The van der Waals surface area contributed by atoms with E-state index in [0.717, 1.165) is 30.9 Å². The molecule has 0 saturated heterocycles. The molecular weight excluding hydrogens is 508 g/mol. The number of ether oxygens (including phenoxy) is 1. The minimum absolute atomic E-state index is 0.0296. The summed E-state index contributed by atoms with van der Waals surface area (Å²) in [7, 11) is 0.814. The number of aliphatic carboxylic acids is 1. The largest absolute Gasteiger partial charge is 0.481 e. The van der Waals surface area contributed by atoms with Crippen molar-refractivity contribution in [3.05, 3.63) is 55.6 Å². The van der Waals surface area contributed by atoms with Gasteiger partial charge >= 0.3 is 23.8 Å². The van der Waals surface area contributed by atoms with Crippen LogP contribution < -0.4 is 11.2 Å². The van der Waals surface area contributed by atoms with Gasteiger partial charge in [0.2, 0.25) is 0 Å². The number of rotatable bonds is 8. The van der Waals surface area contributed by atoms with Crippen molar-refractivity contribution in [2.24, 2.45) is 13.0 Å². The Morgan fingerprint density at radius 3 is 2.56 bits per heavy atom. The van der Waals surface area contributed by atoms with Gasteiger partial charge in [0.15, 0.2) is 0 Å². The van der Waals surface area contributed by atoms with E-state index < -0.39 is 46.6 Å². The van der Waals surface area contributed by atoms with E-state index in [2.05, 4.69) is 0 Å². The second kappa shape index (κ2) is 9.82. The number of alkyl halides is 3. The topological polar surface area (TPSA) is 108 Å². The zero-order valence-electron chi connectivity index (χ0n) is 17.4. The monoisotopic (exact) mass is 524 g/mol. The molecule has 2 aromatic rings. The van der Waals surface area contributed by atoms with Gasteiger partial charge in [-0.2, -0.15) is 13.2 Å². The molecule has 1 heterocycles. The Kier molecular flexibility index (Phi) is 7.46. The number of carboxylic acids is 1. The number of aromatic nitrogens is 2. The van der Waals surface area contributed by atoms with Gasteiger partial charge in [0, 0.05) is 29.7 Å². The number of hydrogen-bond donors (Lipinski definition) is 1. The van der Waals surface area contributed by atoms with Crippen LogP contribution in [0.1, 0.15) is 25.0 Å². The molecule has 0 radical (unpaired) electrons. The normalized spacial score (nSPS) is 17.5. The van der Waals surface area contributed by atoms with E-state index >= 15 is 0 Å². The number of thioether (sulfide) groups is 1. The van der Waals surface area contributed by atoms with E-state index in [1.54, 1.807) is 0 Å². The molecule has 1 aromatic heterocycles. The molecule has 184 valence electrons. The van der Waals surface area contributed by atoms with Gasteiger partial charge in [-0.05, 0) is 24.5 Å². The third-order valence-electron chi connectivity index (χ3n) is 5.00. The summed E-state index contributed by atoms with van der Waals surface area (Å²) >= 11 is 7.23. The first-order chi connectivity index (χ1) is 15.8. The summed E-state index contributed by atoms with van der Waals surface area (Å²) in [6, 6.07) is 2.15. The summed E-state index contributed by atoms with van der Waals surface area (Å²) < 4.78 is 59.1. The summed E-state index contributed by atoms with van der Waals surface area (Å²) in [6.07, 6.45) is -4.67. The molecule has 34 heavy (non-hydrogen) atoms. The van der Waals surface area contributed by atoms with Crippen molar-refractivity contribution >= 4 is 35.3 Å². The zero-order valence-corrected chi connectivity index (χ0v) is 19.0. The second-order valence-corrected chi connectivity index (χ2v) is 9.19.